The summed E-state index contributed by atoms with van der Waals surface area (Å²) in [6.45, 7) is 7.51. The van der Waals surface area contributed by atoms with Crippen molar-refractivity contribution in [3.8, 4) is 0 Å². The van der Waals surface area contributed by atoms with Gasteiger partial charge in [-0.2, -0.15) is 0 Å². The number of hydrogen-bond acceptors (Lipinski definition) is 4. The van der Waals surface area contributed by atoms with Crippen molar-refractivity contribution in [2.45, 2.75) is 55.8 Å². The van der Waals surface area contributed by atoms with Crippen LogP contribution < -0.4 is 10.0 Å². The molecule has 0 aromatic heterocycles. The molecule has 1 fully saturated rings. The summed E-state index contributed by atoms with van der Waals surface area (Å²) in [4.78, 5) is 12.2. The lowest BCUT2D eigenvalue weighted by atomic mass is 9.74. The first kappa shape index (κ1) is 22.0. The Morgan fingerprint density at radius 1 is 1.06 bits per heavy atom. The zero-order valence-corrected chi connectivity index (χ0v) is 19.1. The van der Waals surface area contributed by atoms with E-state index in [0.29, 0.717) is 31.9 Å². The molecule has 0 radical (unpaired) electrons. The molecule has 2 aromatic rings. The van der Waals surface area contributed by atoms with Crippen molar-refractivity contribution in [1.29, 1.82) is 0 Å². The minimum absolute atomic E-state index is 0.0502. The lowest BCUT2D eigenvalue weighted by Gasteiger charge is -2.38. The van der Waals surface area contributed by atoms with Crippen molar-refractivity contribution < 1.29 is 17.9 Å². The molecule has 0 saturated carbocycles. The number of carbonyl (C=O) groups is 1. The quantitative estimate of drug-likeness (QED) is 0.740. The molecule has 2 N–H and O–H groups in total. The van der Waals surface area contributed by atoms with Crippen molar-refractivity contribution in [2.24, 2.45) is 0 Å². The topological polar surface area (TPSA) is 84.5 Å². The number of hydrogen-bond donors (Lipinski definition) is 2. The summed E-state index contributed by atoms with van der Waals surface area (Å²) in [7, 11) is -3.71. The van der Waals surface area contributed by atoms with Gasteiger partial charge in [0.15, 0.2) is 0 Å². The van der Waals surface area contributed by atoms with Gasteiger partial charge in [0.1, 0.15) is 0 Å². The SMILES string of the molecule is Cc1ccc(C2(CNS(=O)(=O)c3ccc4c(c3)C(C)(C)CC(=O)N4)CCOCC2)cc1. The average molecular weight is 443 g/mol. The second-order valence-electron chi connectivity index (χ2n) is 9.40. The number of ether oxygens (including phenoxy) is 1. The maximum Gasteiger partial charge on any atom is 0.240 e. The smallest absolute Gasteiger partial charge is 0.240 e. The summed E-state index contributed by atoms with van der Waals surface area (Å²) >= 11 is 0. The Labute approximate surface area is 184 Å². The van der Waals surface area contributed by atoms with Crippen molar-refractivity contribution in [1.82, 2.24) is 4.72 Å². The van der Waals surface area contributed by atoms with Gasteiger partial charge in [0.2, 0.25) is 15.9 Å². The molecule has 2 aliphatic rings. The highest BCUT2D eigenvalue weighted by molar-refractivity contribution is 7.89. The van der Waals surface area contributed by atoms with Gasteiger partial charge in [0, 0.05) is 42.7 Å². The van der Waals surface area contributed by atoms with Crippen molar-refractivity contribution in [2.75, 3.05) is 25.1 Å². The molecular formula is C24H30N2O4S. The van der Waals surface area contributed by atoms with E-state index in [4.69, 9.17) is 4.74 Å². The average Bonchev–Trinajstić information content (AvgIpc) is 2.72. The first-order chi connectivity index (χ1) is 14.6. The lowest BCUT2D eigenvalue weighted by molar-refractivity contribution is -0.117. The van der Waals surface area contributed by atoms with E-state index < -0.39 is 15.4 Å². The Balaban J connectivity index is 1.61. The van der Waals surface area contributed by atoms with Gasteiger partial charge in [-0.15, -0.1) is 0 Å². The fourth-order valence-electron chi connectivity index (χ4n) is 4.60. The summed E-state index contributed by atoms with van der Waals surface area (Å²) in [5.41, 5.74) is 3.12. The van der Waals surface area contributed by atoms with Crippen LogP contribution in [-0.2, 0) is 30.4 Å². The van der Waals surface area contributed by atoms with Gasteiger partial charge in [-0.05, 0) is 49.1 Å². The van der Waals surface area contributed by atoms with Crippen LogP contribution in [0.3, 0.4) is 0 Å². The summed E-state index contributed by atoms with van der Waals surface area (Å²) in [5.74, 6) is -0.0502. The van der Waals surface area contributed by atoms with Crippen LogP contribution >= 0.6 is 0 Å². The first-order valence-electron chi connectivity index (χ1n) is 10.7. The number of amides is 1. The van der Waals surface area contributed by atoms with E-state index in [1.165, 1.54) is 5.56 Å². The Bertz CT molecular complexity index is 1090. The molecule has 0 atom stereocenters. The van der Waals surface area contributed by atoms with Crippen LogP contribution in [0.2, 0.25) is 0 Å². The Morgan fingerprint density at radius 3 is 2.42 bits per heavy atom. The fraction of sp³-hybridized carbons (Fsp3) is 0.458. The molecule has 2 heterocycles. The van der Waals surface area contributed by atoms with Crippen LogP contribution in [0.1, 0.15) is 49.8 Å². The molecule has 0 bridgehead atoms. The third-order valence-corrected chi connectivity index (χ3v) is 8.02. The van der Waals surface area contributed by atoms with Gasteiger partial charge in [-0.25, -0.2) is 13.1 Å². The van der Waals surface area contributed by atoms with E-state index in [9.17, 15) is 13.2 Å². The van der Waals surface area contributed by atoms with E-state index in [-0.39, 0.29) is 16.2 Å². The largest absolute Gasteiger partial charge is 0.381 e. The minimum atomic E-state index is -3.71. The molecule has 4 rings (SSSR count). The van der Waals surface area contributed by atoms with Crippen molar-refractivity contribution in [3.63, 3.8) is 0 Å². The van der Waals surface area contributed by atoms with Crippen LogP contribution in [0, 0.1) is 6.92 Å². The third-order valence-electron chi connectivity index (χ3n) is 6.62. The van der Waals surface area contributed by atoms with Crippen LogP contribution in [0.25, 0.3) is 0 Å². The van der Waals surface area contributed by atoms with E-state index in [0.717, 1.165) is 24.0 Å². The maximum absolute atomic E-state index is 13.2. The number of rotatable bonds is 5. The number of carbonyl (C=O) groups excluding carboxylic acids is 1. The molecule has 2 aromatic carbocycles. The van der Waals surface area contributed by atoms with Gasteiger partial charge in [-0.1, -0.05) is 43.7 Å². The van der Waals surface area contributed by atoms with Gasteiger partial charge < -0.3 is 10.1 Å². The highest BCUT2D eigenvalue weighted by Gasteiger charge is 2.37. The zero-order valence-electron chi connectivity index (χ0n) is 18.3. The lowest BCUT2D eigenvalue weighted by Crippen LogP contribution is -2.44. The summed E-state index contributed by atoms with van der Waals surface area (Å²) in [6.07, 6.45) is 1.86. The van der Waals surface area contributed by atoms with Crippen LogP contribution in [0.5, 0.6) is 0 Å². The second-order valence-corrected chi connectivity index (χ2v) is 11.2. The predicted octanol–water partition coefficient (Wildman–Crippen LogP) is 3.64. The molecule has 1 saturated heterocycles. The molecule has 0 aliphatic carbocycles. The van der Waals surface area contributed by atoms with Crippen LogP contribution in [-0.4, -0.2) is 34.1 Å². The number of nitrogens with one attached hydrogen (secondary N) is 2. The Hall–Kier alpha value is -2.22. The maximum atomic E-state index is 13.2. The highest BCUT2D eigenvalue weighted by atomic mass is 32.2. The van der Waals surface area contributed by atoms with Gasteiger partial charge in [-0.3, -0.25) is 4.79 Å². The third kappa shape index (κ3) is 4.40. The fourth-order valence-corrected chi connectivity index (χ4v) is 5.76. The van der Waals surface area contributed by atoms with E-state index >= 15 is 0 Å². The van der Waals surface area contributed by atoms with Gasteiger partial charge in [0.25, 0.3) is 0 Å². The number of anilines is 1. The minimum Gasteiger partial charge on any atom is -0.381 e. The molecule has 166 valence electrons. The van der Waals surface area contributed by atoms with E-state index in [1.807, 2.05) is 20.8 Å². The molecule has 1 amide bonds. The molecule has 0 unspecified atom stereocenters. The number of benzene rings is 2. The van der Waals surface area contributed by atoms with Crippen molar-refractivity contribution in [3.05, 3.63) is 59.2 Å². The molecule has 7 heteroatoms. The Morgan fingerprint density at radius 2 is 1.74 bits per heavy atom. The monoisotopic (exact) mass is 442 g/mol. The number of sulfonamides is 1. The van der Waals surface area contributed by atoms with E-state index in [2.05, 4.69) is 34.3 Å². The van der Waals surface area contributed by atoms with E-state index in [1.54, 1.807) is 18.2 Å². The molecule has 31 heavy (non-hydrogen) atoms. The standard InChI is InChI=1S/C24H30N2O4S/c1-17-4-6-18(7-5-17)24(10-12-30-13-11-24)16-25-31(28,29)19-8-9-21-20(14-19)23(2,3)15-22(27)26-21/h4-9,14,25H,10-13,15-16H2,1-3H3,(H,26,27). The summed E-state index contributed by atoms with van der Waals surface area (Å²) < 4.78 is 34.9. The highest BCUT2D eigenvalue weighted by Crippen LogP contribution is 2.39. The number of aryl methyl sites for hydroxylation is 1. The van der Waals surface area contributed by atoms with Gasteiger partial charge in [0.05, 0.1) is 4.90 Å². The normalized spacial score (nSPS) is 20.0. The molecular weight excluding hydrogens is 412 g/mol. The van der Waals surface area contributed by atoms with Crippen LogP contribution in [0.4, 0.5) is 5.69 Å². The molecule has 6 nitrogen and oxygen atoms in total. The van der Waals surface area contributed by atoms with Crippen LogP contribution in [0.15, 0.2) is 47.4 Å². The predicted molar refractivity (Wildman–Crippen MR) is 121 cm³/mol. The Kier molecular flexibility index (Phi) is 5.70. The van der Waals surface area contributed by atoms with Gasteiger partial charge >= 0.3 is 0 Å². The first-order valence-corrected chi connectivity index (χ1v) is 12.2. The zero-order chi connectivity index (χ0) is 22.3. The molecule has 0 spiro atoms. The second kappa shape index (κ2) is 8.04. The summed E-state index contributed by atoms with van der Waals surface area (Å²) in [6, 6.07) is 13.3. The molecule has 2 aliphatic heterocycles. The van der Waals surface area contributed by atoms with Crippen molar-refractivity contribution >= 4 is 21.6 Å². The number of fused-ring (bicyclic) bond motifs is 1. The summed E-state index contributed by atoms with van der Waals surface area (Å²) in [5, 5.41) is 2.84.